The van der Waals surface area contributed by atoms with Crippen LogP contribution >= 0.6 is 0 Å². The second kappa shape index (κ2) is 14.7. The molecule has 0 spiro atoms. The van der Waals surface area contributed by atoms with Gasteiger partial charge in [-0.2, -0.15) is 5.10 Å². The van der Waals surface area contributed by atoms with Crippen LogP contribution in [0, 0.1) is 0 Å². The molecule has 4 heterocycles. The lowest BCUT2D eigenvalue weighted by Crippen LogP contribution is -1.97. The van der Waals surface area contributed by atoms with E-state index in [1.807, 2.05) is 18.2 Å². The Balaban J connectivity index is 1.08. The summed E-state index contributed by atoms with van der Waals surface area (Å²) in [6.45, 7) is 0. The Bertz CT molecular complexity index is 3610. The fourth-order valence-corrected chi connectivity index (χ4v) is 9.05. The van der Waals surface area contributed by atoms with E-state index < -0.39 is 0 Å². The van der Waals surface area contributed by atoms with Crippen molar-refractivity contribution in [3.8, 4) is 73.2 Å². The molecular weight excluding hydrogens is 755 g/mol. The zero-order chi connectivity index (χ0) is 41.0. The molecule has 0 radical (unpaired) electrons. The minimum absolute atomic E-state index is 0.676. The van der Waals surface area contributed by atoms with Crippen LogP contribution in [-0.2, 0) is 0 Å². The first kappa shape index (κ1) is 35.5. The zero-order valence-electron chi connectivity index (χ0n) is 33.6. The van der Waals surface area contributed by atoms with Gasteiger partial charge >= 0.3 is 0 Å². The van der Waals surface area contributed by atoms with Crippen LogP contribution in [0.1, 0.15) is 0 Å². The van der Waals surface area contributed by atoms with Gasteiger partial charge in [0.15, 0.2) is 5.82 Å². The standard InChI is InChI=1S/C57H37N5/c1-5-18-38(19-6-1)53-36-41-24-13-14-29-46(41)56-54(55(60-62(53)56)39-20-7-2-8-21-39)44-26-17-25-42(34-44)49-37-50(59-57(58-49)40-22-9-3-10-23-40)43-32-33-52-48(35-43)47-30-15-16-31-51(47)61(52)45-27-11-4-12-28-45/h1-37H. The number of fused-ring (bicyclic) bond motifs is 6. The summed E-state index contributed by atoms with van der Waals surface area (Å²) in [7, 11) is 0. The molecule has 0 aliphatic rings. The maximum atomic E-state index is 5.45. The van der Waals surface area contributed by atoms with Crippen molar-refractivity contribution < 1.29 is 0 Å². The third-order valence-electron chi connectivity index (χ3n) is 11.9. The first-order valence-electron chi connectivity index (χ1n) is 20.9. The largest absolute Gasteiger partial charge is 0.309 e. The Hall–Kier alpha value is -8.41. The highest BCUT2D eigenvalue weighted by Crippen LogP contribution is 2.42. The Kier molecular flexibility index (Phi) is 8.42. The molecule has 0 amide bonds. The van der Waals surface area contributed by atoms with Crippen LogP contribution in [0.15, 0.2) is 224 Å². The zero-order valence-corrected chi connectivity index (χ0v) is 33.6. The molecule has 290 valence electrons. The number of hydrogen-bond donors (Lipinski definition) is 0. The molecule has 0 saturated heterocycles. The molecule has 0 aliphatic heterocycles. The Labute approximate surface area is 358 Å². The summed E-state index contributed by atoms with van der Waals surface area (Å²) < 4.78 is 4.49. The van der Waals surface area contributed by atoms with Gasteiger partial charge in [-0.15, -0.1) is 0 Å². The van der Waals surface area contributed by atoms with Crippen molar-refractivity contribution in [1.82, 2.24) is 24.1 Å². The summed E-state index contributed by atoms with van der Waals surface area (Å²) in [5, 5.41) is 10.1. The third-order valence-corrected chi connectivity index (χ3v) is 11.9. The molecule has 0 unspecified atom stereocenters. The second-order valence-electron chi connectivity index (χ2n) is 15.7. The molecule has 12 aromatic rings. The van der Waals surface area contributed by atoms with E-state index >= 15 is 0 Å². The van der Waals surface area contributed by atoms with E-state index in [-0.39, 0.29) is 0 Å². The average Bonchev–Trinajstić information content (AvgIpc) is 3.92. The van der Waals surface area contributed by atoms with E-state index in [1.165, 1.54) is 16.3 Å². The van der Waals surface area contributed by atoms with Gasteiger partial charge in [-0.3, -0.25) is 0 Å². The number of para-hydroxylation sites is 2. The van der Waals surface area contributed by atoms with Gasteiger partial charge in [-0.25, -0.2) is 14.5 Å². The SMILES string of the molecule is c1ccc(-c2nc(-c3cccc(-c4c(-c5ccccc5)nn5c(-c6ccccc6)cc6ccccc6c45)c3)cc(-c3ccc4c(c3)c3ccccc3n4-c3ccccc3)n2)cc1. The summed E-state index contributed by atoms with van der Waals surface area (Å²) in [4.78, 5) is 10.5. The van der Waals surface area contributed by atoms with Crippen molar-refractivity contribution in [1.29, 1.82) is 0 Å². The van der Waals surface area contributed by atoms with Crippen molar-refractivity contribution in [3.05, 3.63) is 224 Å². The van der Waals surface area contributed by atoms with Crippen LogP contribution in [-0.4, -0.2) is 24.1 Å². The van der Waals surface area contributed by atoms with Gasteiger partial charge < -0.3 is 4.57 Å². The average molecular weight is 792 g/mol. The minimum atomic E-state index is 0.676. The number of rotatable bonds is 7. The van der Waals surface area contributed by atoms with Gasteiger partial charge in [-0.1, -0.05) is 176 Å². The predicted octanol–water partition coefficient (Wildman–Crippen LogP) is 14.4. The van der Waals surface area contributed by atoms with Gasteiger partial charge in [0.05, 0.1) is 33.6 Å². The monoisotopic (exact) mass is 791 g/mol. The fourth-order valence-electron chi connectivity index (χ4n) is 9.05. The Morgan fingerprint density at radius 1 is 0.355 bits per heavy atom. The number of pyridine rings is 1. The maximum absolute atomic E-state index is 5.45. The van der Waals surface area contributed by atoms with Crippen LogP contribution in [0.4, 0.5) is 0 Å². The van der Waals surface area contributed by atoms with Gasteiger partial charge in [0, 0.05) is 55.2 Å². The minimum Gasteiger partial charge on any atom is -0.309 e. The number of hydrogen-bond acceptors (Lipinski definition) is 3. The van der Waals surface area contributed by atoms with Crippen LogP contribution in [0.5, 0.6) is 0 Å². The molecule has 0 aliphatic carbocycles. The van der Waals surface area contributed by atoms with Crippen LogP contribution in [0.2, 0.25) is 0 Å². The van der Waals surface area contributed by atoms with Gasteiger partial charge in [0.1, 0.15) is 5.69 Å². The lowest BCUT2D eigenvalue weighted by molar-refractivity contribution is 0.979. The molecule has 0 bridgehead atoms. The fraction of sp³-hybridized carbons (Fsp3) is 0. The lowest BCUT2D eigenvalue weighted by atomic mass is 9.95. The smallest absolute Gasteiger partial charge is 0.160 e. The molecule has 8 aromatic carbocycles. The molecule has 12 rings (SSSR count). The van der Waals surface area contributed by atoms with E-state index in [4.69, 9.17) is 15.1 Å². The van der Waals surface area contributed by atoms with E-state index in [2.05, 4.69) is 215 Å². The topological polar surface area (TPSA) is 48.0 Å². The second-order valence-corrected chi connectivity index (χ2v) is 15.7. The van der Waals surface area contributed by atoms with Gasteiger partial charge in [0.2, 0.25) is 0 Å². The highest BCUT2D eigenvalue weighted by atomic mass is 15.2. The summed E-state index contributed by atoms with van der Waals surface area (Å²) in [6.07, 6.45) is 0. The molecule has 5 heteroatoms. The van der Waals surface area contributed by atoms with E-state index in [0.29, 0.717) is 5.82 Å². The normalized spacial score (nSPS) is 11.5. The molecule has 0 atom stereocenters. The van der Waals surface area contributed by atoms with Gasteiger partial charge in [-0.05, 0) is 59.5 Å². The molecule has 5 nitrogen and oxygen atoms in total. The quantitative estimate of drug-likeness (QED) is 0.162. The number of benzene rings is 8. The van der Waals surface area contributed by atoms with E-state index in [1.54, 1.807) is 0 Å². The molecule has 4 aromatic heterocycles. The molecule has 62 heavy (non-hydrogen) atoms. The summed E-state index contributed by atoms with van der Waals surface area (Å²) in [6, 6.07) is 79.0. The Morgan fingerprint density at radius 2 is 0.919 bits per heavy atom. The lowest BCUT2D eigenvalue weighted by Gasteiger charge is -2.12. The molecule has 0 fully saturated rings. The number of aromatic nitrogens is 5. The molecule has 0 N–H and O–H groups in total. The first-order valence-corrected chi connectivity index (χ1v) is 20.9. The number of nitrogens with zero attached hydrogens (tertiary/aromatic N) is 5. The van der Waals surface area contributed by atoms with Crippen LogP contribution < -0.4 is 0 Å². The highest BCUT2D eigenvalue weighted by molar-refractivity contribution is 6.11. The maximum Gasteiger partial charge on any atom is 0.160 e. The van der Waals surface area contributed by atoms with E-state index in [9.17, 15) is 0 Å². The third kappa shape index (κ3) is 5.98. The first-order chi connectivity index (χ1) is 30.7. The molecule has 0 saturated carbocycles. The Morgan fingerprint density at radius 3 is 1.66 bits per heavy atom. The predicted molar refractivity (Wildman–Crippen MR) is 255 cm³/mol. The van der Waals surface area contributed by atoms with Crippen molar-refractivity contribution in [3.63, 3.8) is 0 Å². The van der Waals surface area contributed by atoms with Crippen LogP contribution in [0.3, 0.4) is 0 Å². The summed E-state index contributed by atoms with van der Waals surface area (Å²) >= 11 is 0. The van der Waals surface area contributed by atoms with Gasteiger partial charge in [0.25, 0.3) is 0 Å². The van der Waals surface area contributed by atoms with E-state index in [0.717, 1.165) is 89.2 Å². The summed E-state index contributed by atoms with van der Waals surface area (Å²) in [5.74, 6) is 0.676. The van der Waals surface area contributed by atoms with Crippen LogP contribution in [0.25, 0.3) is 111 Å². The van der Waals surface area contributed by atoms with Crippen molar-refractivity contribution in [2.75, 3.05) is 0 Å². The highest BCUT2D eigenvalue weighted by Gasteiger charge is 2.23. The summed E-state index contributed by atoms with van der Waals surface area (Å²) in [5.41, 5.74) is 15.5. The molecular formula is C57H37N5. The van der Waals surface area contributed by atoms with Crippen molar-refractivity contribution in [2.24, 2.45) is 0 Å². The van der Waals surface area contributed by atoms with Crippen molar-refractivity contribution in [2.45, 2.75) is 0 Å². The van der Waals surface area contributed by atoms with Crippen molar-refractivity contribution >= 4 is 38.1 Å².